The molecule has 0 aromatic heterocycles. The fraction of sp³-hybridized carbons (Fsp3) is 0.375. The van der Waals surface area contributed by atoms with Crippen LogP contribution in [0.3, 0.4) is 0 Å². The van der Waals surface area contributed by atoms with E-state index in [0.29, 0.717) is 0 Å². The maximum Gasteiger partial charge on any atom is 0.247 e. The average molecular weight is 219 g/mol. The Morgan fingerprint density at radius 1 is 1.77 bits per heavy atom. The summed E-state index contributed by atoms with van der Waals surface area (Å²) in [5.74, 6) is 0.928. The zero-order valence-electron chi connectivity index (χ0n) is 6.97. The van der Waals surface area contributed by atoms with Gasteiger partial charge in [0.2, 0.25) is 5.91 Å². The standard InChI is InChI=1S/C8H10N2OS.ClH/c1-2-5-3-10-7(11)6(9)8(10)12-4-5;/h2-3,6,8H,1,4,9H2;1H. The van der Waals surface area contributed by atoms with Gasteiger partial charge in [-0.05, 0) is 5.57 Å². The van der Waals surface area contributed by atoms with Crippen molar-refractivity contribution in [3.8, 4) is 0 Å². The lowest BCUT2D eigenvalue weighted by molar-refractivity contribution is -0.140. The van der Waals surface area contributed by atoms with E-state index in [1.54, 1.807) is 22.7 Å². The molecule has 0 aromatic carbocycles. The summed E-state index contributed by atoms with van der Waals surface area (Å²) in [6.07, 6.45) is 3.63. The molecule has 0 aliphatic carbocycles. The molecule has 2 unspecified atom stereocenters. The highest BCUT2D eigenvalue weighted by atomic mass is 35.5. The Labute approximate surface area is 87.4 Å². The van der Waals surface area contributed by atoms with Gasteiger partial charge in [-0.1, -0.05) is 12.7 Å². The molecule has 72 valence electrons. The van der Waals surface area contributed by atoms with Gasteiger partial charge in [-0.3, -0.25) is 4.79 Å². The van der Waals surface area contributed by atoms with E-state index >= 15 is 0 Å². The summed E-state index contributed by atoms with van der Waals surface area (Å²) in [7, 11) is 0. The lowest BCUT2D eigenvalue weighted by atomic mass is 10.1. The normalized spacial score (nSPS) is 31.0. The van der Waals surface area contributed by atoms with Crippen molar-refractivity contribution < 1.29 is 4.79 Å². The number of nitrogens with zero attached hydrogens (tertiary/aromatic N) is 1. The molecule has 5 heteroatoms. The number of thioether (sulfide) groups is 1. The lowest BCUT2D eigenvalue weighted by Gasteiger charge is -2.45. The molecule has 0 spiro atoms. The van der Waals surface area contributed by atoms with Gasteiger partial charge in [0, 0.05) is 12.0 Å². The summed E-state index contributed by atoms with van der Waals surface area (Å²) in [5.41, 5.74) is 6.69. The molecule has 0 bridgehead atoms. The van der Waals surface area contributed by atoms with E-state index in [0.717, 1.165) is 11.3 Å². The Balaban J connectivity index is 0.000000845. The molecule has 2 atom stereocenters. The molecule has 2 aliphatic rings. The third-order valence-electron chi connectivity index (χ3n) is 2.11. The fourth-order valence-electron chi connectivity index (χ4n) is 1.34. The van der Waals surface area contributed by atoms with Gasteiger partial charge in [-0.25, -0.2) is 0 Å². The van der Waals surface area contributed by atoms with Crippen LogP contribution in [0, 0.1) is 0 Å². The van der Waals surface area contributed by atoms with E-state index in [2.05, 4.69) is 6.58 Å². The first-order valence-electron chi connectivity index (χ1n) is 3.76. The Kier molecular flexibility index (Phi) is 3.05. The Bertz CT molecular complexity index is 279. The van der Waals surface area contributed by atoms with Crippen LogP contribution >= 0.6 is 24.2 Å². The number of rotatable bonds is 1. The highest BCUT2D eigenvalue weighted by Crippen LogP contribution is 2.34. The van der Waals surface area contributed by atoms with Crippen LogP contribution in [-0.2, 0) is 4.79 Å². The average Bonchev–Trinajstić information content (AvgIpc) is 2.15. The van der Waals surface area contributed by atoms with Crippen LogP contribution in [0.1, 0.15) is 0 Å². The summed E-state index contributed by atoms with van der Waals surface area (Å²) in [4.78, 5) is 12.9. The largest absolute Gasteiger partial charge is 0.317 e. The third-order valence-corrected chi connectivity index (χ3v) is 3.47. The second-order valence-corrected chi connectivity index (χ2v) is 3.99. The minimum atomic E-state index is -0.294. The molecule has 2 aliphatic heterocycles. The minimum absolute atomic E-state index is 0. The summed E-state index contributed by atoms with van der Waals surface area (Å²) in [6, 6.07) is -0.294. The van der Waals surface area contributed by atoms with Crippen molar-refractivity contribution in [1.29, 1.82) is 0 Å². The van der Waals surface area contributed by atoms with Crippen LogP contribution in [0.5, 0.6) is 0 Å². The van der Waals surface area contributed by atoms with Crippen LogP contribution in [0.15, 0.2) is 24.4 Å². The van der Waals surface area contributed by atoms with Gasteiger partial charge in [0.05, 0.1) is 0 Å². The zero-order chi connectivity index (χ0) is 8.72. The van der Waals surface area contributed by atoms with Crippen molar-refractivity contribution in [1.82, 2.24) is 4.90 Å². The molecule has 0 saturated carbocycles. The molecule has 1 amide bonds. The number of hydrogen-bond acceptors (Lipinski definition) is 3. The monoisotopic (exact) mass is 218 g/mol. The number of halogens is 1. The Morgan fingerprint density at radius 3 is 3.08 bits per heavy atom. The molecule has 2 N–H and O–H groups in total. The van der Waals surface area contributed by atoms with Crippen LogP contribution in [0.4, 0.5) is 0 Å². The minimum Gasteiger partial charge on any atom is -0.317 e. The number of allylic oxidation sites excluding steroid dienone is 1. The molecule has 1 saturated heterocycles. The number of nitrogens with two attached hydrogens (primary N) is 1. The van der Waals surface area contributed by atoms with E-state index in [9.17, 15) is 4.79 Å². The zero-order valence-corrected chi connectivity index (χ0v) is 8.61. The van der Waals surface area contributed by atoms with E-state index in [-0.39, 0.29) is 29.7 Å². The van der Waals surface area contributed by atoms with Crippen LogP contribution in [0.2, 0.25) is 0 Å². The van der Waals surface area contributed by atoms with Crippen molar-refractivity contribution in [2.45, 2.75) is 11.4 Å². The number of fused-ring (bicyclic) bond motifs is 1. The maximum atomic E-state index is 11.2. The van der Waals surface area contributed by atoms with Crippen molar-refractivity contribution in [3.63, 3.8) is 0 Å². The molecule has 0 radical (unpaired) electrons. The maximum absolute atomic E-state index is 11.2. The number of carbonyl (C=O) groups excluding carboxylic acids is 1. The van der Waals surface area contributed by atoms with Crippen LogP contribution in [0.25, 0.3) is 0 Å². The van der Waals surface area contributed by atoms with Crippen molar-refractivity contribution >= 4 is 30.1 Å². The van der Waals surface area contributed by atoms with E-state index in [1.807, 2.05) is 6.20 Å². The first-order chi connectivity index (χ1) is 5.74. The third kappa shape index (κ3) is 1.49. The number of β-lactam (4-membered cyclic amide) rings is 1. The molecule has 3 nitrogen and oxygen atoms in total. The fourth-order valence-corrected chi connectivity index (χ4v) is 2.55. The molecule has 0 aromatic rings. The molecule has 1 fully saturated rings. The molecule has 2 rings (SSSR count). The van der Waals surface area contributed by atoms with Crippen molar-refractivity contribution in [2.75, 3.05) is 5.75 Å². The Hall–Kier alpha value is -0.450. The number of carbonyl (C=O) groups is 1. The quantitative estimate of drug-likeness (QED) is 0.660. The van der Waals surface area contributed by atoms with Crippen LogP contribution in [-0.4, -0.2) is 28.0 Å². The van der Waals surface area contributed by atoms with Crippen molar-refractivity contribution in [3.05, 3.63) is 24.4 Å². The van der Waals surface area contributed by atoms with Gasteiger partial charge in [0.1, 0.15) is 11.4 Å². The van der Waals surface area contributed by atoms with Gasteiger partial charge in [0.25, 0.3) is 0 Å². The van der Waals surface area contributed by atoms with E-state index < -0.39 is 0 Å². The van der Waals surface area contributed by atoms with Gasteiger partial charge >= 0.3 is 0 Å². The summed E-state index contributed by atoms with van der Waals surface area (Å²) < 4.78 is 0. The topological polar surface area (TPSA) is 46.3 Å². The smallest absolute Gasteiger partial charge is 0.247 e. The van der Waals surface area contributed by atoms with E-state index in [4.69, 9.17) is 5.73 Å². The molecule has 2 heterocycles. The molecular weight excluding hydrogens is 208 g/mol. The summed E-state index contributed by atoms with van der Waals surface area (Å²) in [6.45, 7) is 3.66. The van der Waals surface area contributed by atoms with Crippen LogP contribution < -0.4 is 5.73 Å². The van der Waals surface area contributed by atoms with Gasteiger partial charge < -0.3 is 10.6 Å². The molecular formula is C8H11ClN2OS. The highest BCUT2D eigenvalue weighted by molar-refractivity contribution is 8.00. The van der Waals surface area contributed by atoms with Gasteiger partial charge in [-0.15, -0.1) is 24.2 Å². The number of amides is 1. The van der Waals surface area contributed by atoms with Gasteiger partial charge in [0.15, 0.2) is 0 Å². The lowest BCUT2D eigenvalue weighted by Crippen LogP contribution is -2.65. The summed E-state index contributed by atoms with van der Waals surface area (Å²) >= 11 is 1.70. The van der Waals surface area contributed by atoms with Crippen molar-refractivity contribution in [2.24, 2.45) is 5.73 Å². The SMILES string of the molecule is C=CC1=CN2C(=O)C(N)C2SC1.Cl. The first kappa shape index (κ1) is 10.6. The Morgan fingerprint density at radius 2 is 2.46 bits per heavy atom. The second kappa shape index (κ2) is 3.74. The predicted octanol–water partition coefficient (Wildman–Crippen LogP) is 0.721. The van der Waals surface area contributed by atoms with Gasteiger partial charge in [-0.2, -0.15) is 0 Å². The predicted molar refractivity (Wildman–Crippen MR) is 56.6 cm³/mol. The molecule has 13 heavy (non-hydrogen) atoms. The second-order valence-electron chi connectivity index (χ2n) is 2.88. The first-order valence-corrected chi connectivity index (χ1v) is 4.81. The number of hydrogen-bond donors (Lipinski definition) is 1. The highest BCUT2D eigenvalue weighted by Gasteiger charge is 2.45. The van der Waals surface area contributed by atoms with E-state index in [1.165, 1.54) is 0 Å². The summed E-state index contributed by atoms with van der Waals surface area (Å²) in [5, 5.41) is 0.168.